The minimum absolute atomic E-state index is 0.113. The smallest absolute Gasteiger partial charge is 0.267 e. The van der Waals surface area contributed by atoms with Crippen molar-refractivity contribution in [1.82, 2.24) is 9.78 Å². The molecule has 0 saturated heterocycles. The number of fused-ring (bicyclic) bond motifs is 1. The zero-order valence-corrected chi connectivity index (χ0v) is 17.3. The summed E-state index contributed by atoms with van der Waals surface area (Å²) < 4.78 is 1.52. The fourth-order valence-electron chi connectivity index (χ4n) is 3.94. The molecular formula is C28H22N2O. The Morgan fingerprint density at radius 3 is 2.06 bits per heavy atom. The van der Waals surface area contributed by atoms with E-state index in [-0.39, 0.29) is 5.56 Å². The van der Waals surface area contributed by atoms with E-state index in [2.05, 4.69) is 43.3 Å². The Kier molecular flexibility index (Phi) is 4.93. The highest BCUT2D eigenvalue weighted by molar-refractivity contribution is 5.94. The topological polar surface area (TPSA) is 34.9 Å². The van der Waals surface area contributed by atoms with Gasteiger partial charge in [0, 0.05) is 10.9 Å². The minimum Gasteiger partial charge on any atom is -0.267 e. The molecule has 4 aromatic carbocycles. The molecule has 0 aliphatic carbocycles. The molecule has 5 aromatic rings. The molecule has 3 heteroatoms. The average molecular weight is 402 g/mol. The Balaban J connectivity index is 1.69. The lowest BCUT2D eigenvalue weighted by atomic mass is 10.0. The van der Waals surface area contributed by atoms with Gasteiger partial charge in [-0.05, 0) is 47.4 Å². The quantitative estimate of drug-likeness (QED) is 0.354. The van der Waals surface area contributed by atoms with E-state index in [0.29, 0.717) is 5.39 Å². The summed E-state index contributed by atoms with van der Waals surface area (Å²) in [4.78, 5) is 13.3. The van der Waals surface area contributed by atoms with E-state index in [9.17, 15) is 4.79 Å². The number of hydrogen-bond acceptors (Lipinski definition) is 2. The summed E-state index contributed by atoms with van der Waals surface area (Å²) in [6, 6.07) is 34.3. The first-order valence-electron chi connectivity index (χ1n) is 10.5. The van der Waals surface area contributed by atoms with Crippen LogP contribution in [0.5, 0.6) is 0 Å². The van der Waals surface area contributed by atoms with Crippen molar-refractivity contribution in [3.63, 3.8) is 0 Å². The molecule has 0 saturated carbocycles. The number of hydrogen-bond donors (Lipinski definition) is 0. The molecule has 150 valence electrons. The molecule has 1 aromatic heterocycles. The monoisotopic (exact) mass is 402 g/mol. The second-order valence-electron chi connectivity index (χ2n) is 7.58. The molecule has 0 spiro atoms. The largest absolute Gasteiger partial charge is 0.279 e. The fourth-order valence-corrected chi connectivity index (χ4v) is 3.94. The van der Waals surface area contributed by atoms with E-state index in [1.165, 1.54) is 10.2 Å². The van der Waals surface area contributed by atoms with Crippen molar-refractivity contribution in [2.24, 2.45) is 0 Å². The van der Waals surface area contributed by atoms with Gasteiger partial charge in [-0.2, -0.15) is 9.78 Å². The third-order valence-electron chi connectivity index (χ3n) is 5.63. The molecule has 5 rings (SSSR count). The van der Waals surface area contributed by atoms with Gasteiger partial charge in [0.1, 0.15) is 0 Å². The van der Waals surface area contributed by atoms with Crippen molar-refractivity contribution >= 4 is 10.8 Å². The van der Waals surface area contributed by atoms with Gasteiger partial charge in [0.15, 0.2) is 0 Å². The van der Waals surface area contributed by atoms with Gasteiger partial charge in [0.2, 0.25) is 0 Å². The van der Waals surface area contributed by atoms with Crippen molar-refractivity contribution in [2.45, 2.75) is 13.3 Å². The Hall–Kier alpha value is -3.98. The predicted octanol–water partition coefficient (Wildman–Crippen LogP) is 6.28. The highest BCUT2D eigenvalue weighted by Gasteiger charge is 2.13. The number of rotatable bonds is 4. The summed E-state index contributed by atoms with van der Waals surface area (Å²) in [5, 5.41) is 6.36. The predicted molar refractivity (Wildman–Crippen MR) is 128 cm³/mol. The van der Waals surface area contributed by atoms with Crippen LogP contribution in [0.15, 0.2) is 108 Å². The van der Waals surface area contributed by atoms with Crippen molar-refractivity contribution in [1.29, 1.82) is 0 Å². The van der Waals surface area contributed by atoms with Crippen LogP contribution >= 0.6 is 0 Å². The molecule has 0 N–H and O–H groups in total. The van der Waals surface area contributed by atoms with E-state index in [0.717, 1.165) is 39.9 Å². The summed E-state index contributed by atoms with van der Waals surface area (Å²) in [5.74, 6) is 0. The Morgan fingerprint density at radius 2 is 1.32 bits per heavy atom. The van der Waals surface area contributed by atoms with Crippen LogP contribution in [0, 0.1) is 0 Å². The maximum Gasteiger partial charge on any atom is 0.279 e. The molecule has 0 aliphatic rings. The van der Waals surface area contributed by atoms with Crippen molar-refractivity contribution in [2.75, 3.05) is 0 Å². The molecule has 0 amide bonds. The maximum atomic E-state index is 13.3. The zero-order valence-electron chi connectivity index (χ0n) is 17.3. The highest BCUT2D eigenvalue weighted by atomic mass is 16.1. The molecular weight excluding hydrogens is 380 g/mol. The van der Waals surface area contributed by atoms with E-state index >= 15 is 0 Å². The van der Waals surface area contributed by atoms with E-state index in [1.807, 2.05) is 66.7 Å². The second-order valence-corrected chi connectivity index (χ2v) is 7.58. The Morgan fingerprint density at radius 1 is 0.677 bits per heavy atom. The first-order chi connectivity index (χ1) is 15.2. The third kappa shape index (κ3) is 3.55. The molecule has 0 fully saturated rings. The van der Waals surface area contributed by atoms with Gasteiger partial charge in [0.05, 0.1) is 16.8 Å². The first kappa shape index (κ1) is 19.0. The molecule has 0 bridgehead atoms. The minimum atomic E-state index is -0.113. The first-order valence-corrected chi connectivity index (χ1v) is 10.5. The lowest BCUT2D eigenvalue weighted by molar-refractivity contribution is 0.826. The van der Waals surface area contributed by atoms with Gasteiger partial charge < -0.3 is 0 Å². The normalized spacial score (nSPS) is 11.0. The lowest BCUT2D eigenvalue weighted by Gasteiger charge is -2.12. The average Bonchev–Trinajstić information content (AvgIpc) is 2.85. The van der Waals surface area contributed by atoms with Crippen LogP contribution in [0.1, 0.15) is 12.5 Å². The molecule has 3 nitrogen and oxygen atoms in total. The summed E-state index contributed by atoms with van der Waals surface area (Å²) in [7, 11) is 0. The Bertz CT molecular complexity index is 1420. The van der Waals surface area contributed by atoms with Gasteiger partial charge in [-0.25, -0.2) is 0 Å². The molecule has 31 heavy (non-hydrogen) atoms. The summed E-state index contributed by atoms with van der Waals surface area (Å²) in [6.45, 7) is 2.14. The van der Waals surface area contributed by atoms with Crippen molar-refractivity contribution in [3.8, 4) is 28.1 Å². The van der Waals surface area contributed by atoms with Gasteiger partial charge in [-0.15, -0.1) is 0 Å². The highest BCUT2D eigenvalue weighted by Crippen LogP contribution is 2.27. The summed E-state index contributed by atoms with van der Waals surface area (Å²) in [6.07, 6.45) is 0.951. The maximum absolute atomic E-state index is 13.3. The Labute approximate surface area is 181 Å². The SMILES string of the molecule is CCc1cccc(-c2nn(-c3ccc(-c4ccccc4)cc3)c(=O)c3ccccc23)c1. The summed E-state index contributed by atoms with van der Waals surface area (Å²) in [5.41, 5.74) is 5.97. The van der Waals surface area contributed by atoms with Crippen LogP contribution < -0.4 is 5.56 Å². The molecule has 1 heterocycles. The fraction of sp³-hybridized carbons (Fsp3) is 0.0714. The molecule has 0 radical (unpaired) electrons. The van der Waals surface area contributed by atoms with Crippen molar-refractivity contribution in [3.05, 3.63) is 119 Å². The molecule has 0 atom stereocenters. The number of nitrogens with zero attached hydrogens (tertiary/aromatic N) is 2. The van der Waals surface area contributed by atoms with Crippen LogP contribution in [0.2, 0.25) is 0 Å². The standard InChI is InChI=1S/C28H22N2O/c1-2-20-9-8-12-23(19-20)27-25-13-6-7-14-26(25)28(31)30(29-27)24-17-15-22(16-18-24)21-10-4-3-5-11-21/h3-19H,2H2,1H3. The van der Waals surface area contributed by atoms with Crippen LogP contribution in [-0.4, -0.2) is 9.78 Å². The van der Waals surface area contributed by atoms with Gasteiger partial charge in [-0.1, -0.05) is 85.8 Å². The zero-order chi connectivity index (χ0) is 21.2. The summed E-state index contributed by atoms with van der Waals surface area (Å²) >= 11 is 0. The second kappa shape index (κ2) is 8.04. The van der Waals surface area contributed by atoms with Gasteiger partial charge in [-0.3, -0.25) is 4.79 Å². The number of aryl methyl sites for hydroxylation is 1. The van der Waals surface area contributed by atoms with Crippen LogP contribution in [0.4, 0.5) is 0 Å². The number of aromatic nitrogens is 2. The molecule has 0 unspecified atom stereocenters. The lowest BCUT2D eigenvalue weighted by Crippen LogP contribution is -2.22. The third-order valence-corrected chi connectivity index (χ3v) is 5.63. The van der Waals surface area contributed by atoms with E-state index < -0.39 is 0 Å². The number of benzene rings is 4. The van der Waals surface area contributed by atoms with Crippen LogP contribution in [0.3, 0.4) is 0 Å². The van der Waals surface area contributed by atoms with Crippen molar-refractivity contribution < 1.29 is 0 Å². The van der Waals surface area contributed by atoms with Gasteiger partial charge >= 0.3 is 0 Å². The van der Waals surface area contributed by atoms with E-state index in [4.69, 9.17) is 5.10 Å². The van der Waals surface area contributed by atoms with Crippen LogP contribution in [0.25, 0.3) is 38.8 Å². The van der Waals surface area contributed by atoms with Crippen LogP contribution in [-0.2, 0) is 6.42 Å². The van der Waals surface area contributed by atoms with Gasteiger partial charge in [0.25, 0.3) is 5.56 Å². The van der Waals surface area contributed by atoms with E-state index in [1.54, 1.807) is 0 Å². The molecule has 0 aliphatic heterocycles.